The number of nitrogens with zero attached hydrogens (tertiary/aromatic N) is 1. The first-order valence-electron chi connectivity index (χ1n) is 8.28. The summed E-state index contributed by atoms with van der Waals surface area (Å²) in [6, 6.07) is 20.0. The summed E-state index contributed by atoms with van der Waals surface area (Å²) in [7, 11) is 0. The first-order chi connectivity index (χ1) is 12.1. The van der Waals surface area contributed by atoms with E-state index < -0.39 is 0 Å². The topological polar surface area (TPSA) is 63.1 Å². The Balaban J connectivity index is 1.89. The molecule has 0 aliphatic rings. The van der Waals surface area contributed by atoms with Crippen molar-refractivity contribution < 1.29 is 9.59 Å². The van der Waals surface area contributed by atoms with E-state index in [1.165, 1.54) is 0 Å². The van der Waals surface area contributed by atoms with E-state index in [0.29, 0.717) is 0 Å². The van der Waals surface area contributed by atoms with Crippen LogP contribution in [-0.2, 0) is 16.1 Å². The third-order valence-corrected chi connectivity index (χ3v) is 4.03. The van der Waals surface area contributed by atoms with Crippen molar-refractivity contribution in [2.75, 3.05) is 0 Å². The molecule has 0 unspecified atom stereocenters. The molecule has 1 heterocycles. The van der Waals surface area contributed by atoms with Crippen molar-refractivity contribution in [3.63, 3.8) is 0 Å². The second kappa shape index (κ2) is 7.21. The molecule has 0 radical (unpaired) electrons. The lowest BCUT2D eigenvalue weighted by atomic mass is 10.1. The predicted octanol–water partition coefficient (Wildman–Crippen LogP) is 3.11. The fourth-order valence-corrected chi connectivity index (χ4v) is 2.69. The molecule has 0 atom stereocenters. The zero-order chi connectivity index (χ0) is 17.8. The molecule has 5 heteroatoms. The third kappa shape index (κ3) is 3.71. The molecule has 0 aliphatic carbocycles. The number of nitrogens with one attached hydrogen (secondary N) is 2. The van der Waals surface area contributed by atoms with Gasteiger partial charge in [-0.3, -0.25) is 20.4 Å². The Morgan fingerprint density at radius 3 is 2.36 bits per heavy atom. The summed E-state index contributed by atoms with van der Waals surface area (Å²) >= 11 is 0. The van der Waals surface area contributed by atoms with Crippen molar-refractivity contribution in [3.05, 3.63) is 60.7 Å². The fourth-order valence-electron chi connectivity index (χ4n) is 2.69. The van der Waals surface area contributed by atoms with Gasteiger partial charge in [0, 0.05) is 22.5 Å². The molecular weight excluding hydrogens is 314 g/mol. The number of aromatic nitrogens is 1. The van der Waals surface area contributed by atoms with E-state index >= 15 is 0 Å². The van der Waals surface area contributed by atoms with Crippen LogP contribution in [0.25, 0.3) is 22.2 Å². The first kappa shape index (κ1) is 16.8. The Hall–Kier alpha value is -3.08. The van der Waals surface area contributed by atoms with E-state index in [0.717, 1.165) is 22.2 Å². The van der Waals surface area contributed by atoms with Gasteiger partial charge in [-0.05, 0) is 17.7 Å². The molecule has 2 aromatic carbocycles. The Kier molecular flexibility index (Phi) is 4.84. The highest BCUT2D eigenvalue weighted by molar-refractivity contribution is 5.90. The van der Waals surface area contributed by atoms with Crippen molar-refractivity contribution in [1.29, 1.82) is 0 Å². The van der Waals surface area contributed by atoms with E-state index in [2.05, 4.69) is 16.9 Å². The molecule has 0 aliphatic heterocycles. The van der Waals surface area contributed by atoms with Gasteiger partial charge in [-0.1, -0.05) is 62.4 Å². The Morgan fingerprint density at radius 2 is 1.64 bits per heavy atom. The monoisotopic (exact) mass is 335 g/mol. The van der Waals surface area contributed by atoms with Crippen LogP contribution in [0.15, 0.2) is 60.7 Å². The SMILES string of the molecule is CC(C)C(=O)NNC(=O)Cn1c(-c2ccccc2)cc2ccccc21. The summed E-state index contributed by atoms with van der Waals surface area (Å²) in [5, 5.41) is 1.07. The second-order valence-corrected chi connectivity index (χ2v) is 6.23. The minimum absolute atomic E-state index is 0.121. The molecule has 0 saturated carbocycles. The van der Waals surface area contributed by atoms with Crippen molar-refractivity contribution in [2.45, 2.75) is 20.4 Å². The summed E-state index contributed by atoms with van der Waals surface area (Å²) < 4.78 is 1.96. The molecular formula is C20H21N3O2. The van der Waals surface area contributed by atoms with E-state index in [-0.39, 0.29) is 24.3 Å². The van der Waals surface area contributed by atoms with Gasteiger partial charge in [-0.15, -0.1) is 0 Å². The number of para-hydroxylation sites is 1. The molecule has 0 fully saturated rings. The normalized spacial score (nSPS) is 10.8. The number of hydrazine groups is 1. The summed E-state index contributed by atoms with van der Waals surface area (Å²) in [6.07, 6.45) is 0. The van der Waals surface area contributed by atoms with Crippen LogP contribution in [0.4, 0.5) is 0 Å². The van der Waals surface area contributed by atoms with E-state index in [1.54, 1.807) is 13.8 Å². The van der Waals surface area contributed by atoms with Gasteiger partial charge in [0.2, 0.25) is 5.91 Å². The number of hydrogen-bond donors (Lipinski definition) is 2. The van der Waals surface area contributed by atoms with Crippen LogP contribution in [0, 0.1) is 5.92 Å². The summed E-state index contributed by atoms with van der Waals surface area (Å²) in [4.78, 5) is 23.9. The van der Waals surface area contributed by atoms with Gasteiger partial charge in [-0.25, -0.2) is 0 Å². The van der Waals surface area contributed by atoms with Crippen LogP contribution in [-0.4, -0.2) is 16.4 Å². The largest absolute Gasteiger partial charge is 0.331 e. The number of rotatable bonds is 4. The highest BCUT2D eigenvalue weighted by atomic mass is 16.2. The van der Waals surface area contributed by atoms with E-state index in [9.17, 15) is 9.59 Å². The molecule has 0 saturated heterocycles. The van der Waals surface area contributed by atoms with Crippen LogP contribution >= 0.6 is 0 Å². The van der Waals surface area contributed by atoms with Gasteiger partial charge in [0.1, 0.15) is 6.54 Å². The maximum atomic E-state index is 12.3. The van der Waals surface area contributed by atoms with E-state index in [1.807, 2.05) is 59.2 Å². The Bertz CT molecular complexity index is 898. The lowest BCUT2D eigenvalue weighted by Crippen LogP contribution is -2.44. The molecule has 2 amide bonds. The van der Waals surface area contributed by atoms with Gasteiger partial charge < -0.3 is 4.57 Å². The minimum atomic E-state index is -0.271. The van der Waals surface area contributed by atoms with Crippen molar-refractivity contribution in [3.8, 4) is 11.3 Å². The van der Waals surface area contributed by atoms with Gasteiger partial charge in [0.25, 0.3) is 5.91 Å². The molecule has 3 aromatic rings. The zero-order valence-electron chi connectivity index (χ0n) is 14.3. The highest BCUT2D eigenvalue weighted by Crippen LogP contribution is 2.28. The molecule has 0 bridgehead atoms. The summed E-state index contributed by atoms with van der Waals surface area (Å²) in [6.45, 7) is 3.67. The molecule has 25 heavy (non-hydrogen) atoms. The van der Waals surface area contributed by atoms with Crippen molar-refractivity contribution in [2.24, 2.45) is 5.92 Å². The van der Waals surface area contributed by atoms with Crippen molar-refractivity contribution >= 4 is 22.7 Å². The fraction of sp³-hybridized carbons (Fsp3) is 0.200. The molecule has 1 aromatic heterocycles. The van der Waals surface area contributed by atoms with Crippen molar-refractivity contribution in [1.82, 2.24) is 15.4 Å². The zero-order valence-corrected chi connectivity index (χ0v) is 14.3. The molecule has 5 nitrogen and oxygen atoms in total. The molecule has 2 N–H and O–H groups in total. The number of carbonyl (C=O) groups excluding carboxylic acids is 2. The number of carbonyl (C=O) groups is 2. The molecule has 0 spiro atoms. The molecule has 128 valence electrons. The first-order valence-corrected chi connectivity index (χ1v) is 8.28. The quantitative estimate of drug-likeness (QED) is 0.720. The van der Waals surface area contributed by atoms with Crippen LogP contribution in [0.5, 0.6) is 0 Å². The molecule has 3 rings (SSSR count). The predicted molar refractivity (Wildman–Crippen MR) is 98.5 cm³/mol. The minimum Gasteiger partial charge on any atom is -0.331 e. The lowest BCUT2D eigenvalue weighted by molar-refractivity contribution is -0.130. The number of hydrogen-bond acceptors (Lipinski definition) is 2. The summed E-state index contributed by atoms with van der Waals surface area (Å²) in [5.41, 5.74) is 7.92. The van der Waals surface area contributed by atoms with Gasteiger partial charge in [0.15, 0.2) is 0 Å². The highest BCUT2D eigenvalue weighted by Gasteiger charge is 2.14. The van der Waals surface area contributed by atoms with Gasteiger partial charge in [0.05, 0.1) is 0 Å². The van der Waals surface area contributed by atoms with Gasteiger partial charge >= 0.3 is 0 Å². The van der Waals surface area contributed by atoms with Gasteiger partial charge in [-0.2, -0.15) is 0 Å². The van der Waals surface area contributed by atoms with Crippen LogP contribution in [0.1, 0.15) is 13.8 Å². The maximum Gasteiger partial charge on any atom is 0.258 e. The van der Waals surface area contributed by atoms with Crippen LogP contribution in [0.3, 0.4) is 0 Å². The Labute approximate surface area is 146 Å². The third-order valence-electron chi connectivity index (χ3n) is 4.03. The number of benzene rings is 2. The van der Waals surface area contributed by atoms with Crippen LogP contribution < -0.4 is 10.9 Å². The summed E-state index contributed by atoms with van der Waals surface area (Å²) in [5.74, 6) is -0.672. The van der Waals surface area contributed by atoms with Crippen LogP contribution in [0.2, 0.25) is 0 Å². The average molecular weight is 335 g/mol. The lowest BCUT2D eigenvalue weighted by Gasteiger charge is -2.13. The average Bonchev–Trinajstić information content (AvgIpc) is 2.99. The van der Waals surface area contributed by atoms with E-state index in [4.69, 9.17) is 0 Å². The smallest absolute Gasteiger partial charge is 0.258 e. The second-order valence-electron chi connectivity index (χ2n) is 6.23. The maximum absolute atomic E-state index is 12.3. The number of amides is 2. The Morgan fingerprint density at radius 1 is 0.960 bits per heavy atom. The standard InChI is InChI=1S/C20H21N3O2/c1-14(2)20(25)22-21-19(24)13-23-17-11-7-6-10-16(17)12-18(23)15-8-4-3-5-9-15/h3-12,14H,13H2,1-2H3,(H,21,24)(H,22,25). The number of fused-ring (bicyclic) bond motifs is 1.